The van der Waals surface area contributed by atoms with Crippen LogP contribution in [0.3, 0.4) is 0 Å². The van der Waals surface area contributed by atoms with Gasteiger partial charge in [-0.3, -0.25) is 4.79 Å². The number of methoxy groups -OCH3 is 1. The molecule has 8 heteroatoms. The summed E-state index contributed by atoms with van der Waals surface area (Å²) < 4.78 is 5.41. The van der Waals surface area contributed by atoms with Gasteiger partial charge in [-0.15, -0.1) is 12.4 Å². The van der Waals surface area contributed by atoms with E-state index in [1.54, 1.807) is 13.2 Å². The molecule has 2 aromatic rings. The quantitative estimate of drug-likeness (QED) is 0.754. The predicted octanol–water partition coefficient (Wildman–Crippen LogP) is 3.93. The van der Waals surface area contributed by atoms with Crippen molar-refractivity contribution in [2.45, 2.75) is 0 Å². The van der Waals surface area contributed by atoms with Crippen LogP contribution < -0.4 is 15.4 Å². The molecule has 3 rings (SSSR count). The van der Waals surface area contributed by atoms with Gasteiger partial charge in [0.05, 0.1) is 24.4 Å². The number of anilines is 1. The second-order valence-corrected chi connectivity index (χ2v) is 6.81. The zero-order chi connectivity index (χ0) is 18.5. The molecule has 0 saturated carbocycles. The molecular weight excluding hydrogens is 409 g/mol. The van der Waals surface area contributed by atoms with Crippen LogP contribution in [-0.2, 0) is 4.79 Å². The summed E-state index contributed by atoms with van der Waals surface area (Å²) in [6.45, 7) is 3.30. The van der Waals surface area contributed by atoms with E-state index in [2.05, 4.69) is 10.6 Å². The van der Waals surface area contributed by atoms with Crippen molar-refractivity contribution >= 4 is 47.2 Å². The Kier molecular flexibility index (Phi) is 8.05. The molecular formula is C19H22Cl3N3O2. The molecule has 1 amide bonds. The first-order valence-electron chi connectivity index (χ1n) is 8.45. The maximum Gasteiger partial charge on any atom is 0.241 e. The van der Waals surface area contributed by atoms with E-state index in [0.29, 0.717) is 21.5 Å². The molecule has 146 valence electrons. The maximum atomic E-state index is 12.4. The molecule has 1 heterocycles. The number of halogens is 3. The van der Waals surface area contributed by atoms with Crippen molar-refractivity contribution in [2.75, 3.05) is 45.2 Å². The third-order valence-electron chi connectivity index (χ3n) is 4.35. The largest absolute Gasteiger partial charge is 0.495 e. The first kappa shape index (κ1) is 21.6. The molecule has 27 heavy (non-hydrogen) atoms. The van der Waals surface area contributed by atoms with Crippen molar-refractivity contribution in [1.82, 2.24) is 10.2 Å². The number of rotatable bonds is 5. The van der Waals surface area contributed by atoms with Crippen molar-refractivity contribution in [3.8, 4) is 16.9 Å². The fraction of sp³-hybridized carbons (Fsp3) is 0.316. The Bertz CT molecular complexity index is 796. The lowest BCUT2D eigenvalue weighted by molar-refractivity contribution is -0.129. The summed E-state index contributed by atoms with van der Waals surface area (Å²) in [6.07, 6.45) is 0. The van der Waals surface area contributed by atoms with Crippen LogP contribution in [0.2, 0.25) is 10.0 Å². The van der Waals surface area contributed by atoms with Gasteiger partial charge in [-0.1, -0.05) is 41.4 Å². The molecule has 1 saturated heterocycles. The van der Waals surface area contributed by atoms with E-state index in [4.69, 9.17) is 27.9 Å². The van der Waals surface area contributed by atoms with E-state index in [0.717, 1.165) is 37.3 Å². The van der Waals surface area contributed by atoms with Crippen molar-refractivity contribution in [3.63, 3.8) is 0 Å². The average molecular weight is 431 g/mol. The zero-order valence-electron chi connectivity index (χ0n) is 14.9. The molecule has 0 spiro atoms. The molecule has 0 aliphatic carbocycles. The first-order valence-corrected chi connectivity index (χ1v) is 9.20. The lowest BCUT2D eigenvalue weighted by Crippen LogP contribution is -2.48. The van der Waals surface area contributed by atoms with Gasteiger partial charge < -0.3 is 20.3 Å². The summed E-state index contributed by atoms with van der Waals surface area (Å²) >= 11 is 12.7. The van der Waals surface area contributed by atoms with Gasteiger partial charge in [0.15, 0.2) is 0 Å². The Morgan fingerprint density at radius 2 is 1.85 bits per heavy atom. The summed E-state index contributed by atoms with van der Waals surface area (Å²) in [4.78, 5) is 14.2. The van der Waals surface area contributed by atoms with E-state index in [-0.39, 0.29) is 24.9 Å². The van der Waals surface area contributed by atoms with Crippen LogP contribution in [0.4, 0.5) is 5.69 Å². The average Bonchev–Trinajstić information content (AvgIpc) is 2.67. The number of hydrogen-bond acceptors (Lipinski definition) is 4. The fourth-order valence-electron chi connectivity index (χ4n) is 2.94. The number of amides is 1. The molecule has 0 radical (unpaired) electrons. The van der Waals surface area contributed by atoms with Crippen molar-refractivity contribution < 1.29 is 9.53 Å². The first-order chi connectivity index (χ1) is 12.6. The predicted molar refractivity (Wildman–Crippen MR) is 114 cm³/mol. The van der Waals surface area contributed by atoms with Crippen LogP contribution in [0, 0.1) is 0 Å². The van der Waals surface area contributed by atoms with Gasteiger partial charge in [-0.05, 0) is 12.1 Å². The summed E-state index contributed by atoms with van der Waals surface area (Å²) in [7, 11) is 1.57. The topological polar surface area (TPSA) is 53.6 Å². The number of hydrogen-bond donors (Lipinski definition) is 2. The normalized spacial score (nSPS) is 13.7. The highest BCUT2D eigenvalue weighted by atomic mass is 35.5. The zero-order valence-corrected chi connectivity index (χ0v) is 17.3. The monoisotopic (exact) mass is 429 g/mol. The molecule has 0 aromatic heterocycles. The van der Waals surface area contributed by atoms with Crippen LogP contribution in [0.15, 0.2) is 36.4 Å². The number of ether oxygens (including phenoxy) is 1. The second-order valence-electron chi connectivity index (χ2n) is 6.00. The van der Waals surface area contributed by atoms with E-state index < -0.39 is 0 Å². The smallest absolute Gasteiger partial charge is 0.241 e. The fourth-order valence-corrected chi connectivity index (χ4v) is 3.44. The lowest BCUT2D eigenvalue weighted by Gasteiger charge is -2.27. The molecule has 1 fully saturated rings. The standard InChI is InChI=1S/C19H21Cl2N3O2.ClH/c1-26-18-11-16(21)14(13-4-2-3-5-15(13)20)10-17(18)23-12-19(25)24-8-6-22-7-9-24;/h2-5,10-11,22-23H,6-9,12H2,1H3;1H. The van der Waals surface area contributed by atoms with Gasteiger partial charge in [-0.2, -0.15) is 0 Å². The number of carbonyl (C=O) groups is 1. The van der Waals surface area contributed by atoms with Gasteiger partial charge >= 0.3 is 0 Å². The lowest BCUT2D eigenvalue weighted by atomic mass is 10.0. The van der Waals surface area contributed by atoms with Gasteiger partial charge in [0.25, 0.3) is 0 Å². The maximum absolute atomic E-state index is 12.4. The van der Waals surface area contributed by atoms with Gasteiger partial charge in [0.2, 0.25) is 5.91 Å². The Labute approximate surface area is 175 Å². The summed E-state index contributed by atoms with van der Waals surface area (Å²) in [5.41, 5.74) is 2.32. The van der Waals surface area contributed by atoms with Crippen molar-refractivity contribution in [1.29, 1.82) is 0 Å². The van der Waals surface area contributed by atoms with Gasteiger partial charge in [0.1, 0.15) is 5.75 Å². The molecule has 5 nitrogen and oxygen atoms in total. The molecule has 1 aliphatic heterocycles. The molecule has 2 aromatic carbocycles. The van der Waals surface area contributed by atoms with E-state index in [1.807, 2.05) is 35.2 Å². The minimum absolute atomic E-state index is 0. The van der Waals surface area contributed by atoms with Crippen LogP contribution >= 0.6 is 35.6 Å². The summed E-state index contributed by atoms with van der Waals surface area (Å²) in [6, 6.07) is 11.1. The second kappa shape index (κ2) is 10.0. The van der Waals surface area contributed by atoms with Crippen LogP contribution in [0.5, 0.6) is 5.75 Å². The van der Waals surface area contributed by atoms with Crippen molar-refractivity contribution in [3.05, 3.63) is 46.4 Å². The third kappa shape index (κ3) is 5.20. The summed E-state index contributed by atoms with van der Waals surface area (Å²) in [5.74, 6) is 0.640. The Morgan fingerprint density at radius 1 is 1.15 bits per heavy atom. The SMILES string of the molecule is COc1cc(Cl)c(-c2ccccc2Cl)cc1NCC(=O)N1CCNCC1.Cl. The number of nitrogens with one attached hydrogen (secondary N) is 2. The number of carbonyl (C=O) groups excluding carboxylic acids is 1. The van der Waals surface area contributed by atoms with Gasteiger partial charge in [-0.25, -0.2) is 0 Å². The van der Waals surface area contributed by atoms with E-state index >= 15 is 0 Å². The highest BCUT2D eigenvalue weighted by molar-refractivity contribution is 6.36. The number of piperazine rings is 1. The van der Waals surface area contributed by atoms with E-state index in [1.165, 1.54) is 0 Å². The Morgan fingerprint density at radius 3 is 2.52 bits per heavy atom. The van der Waals surface area contributed by atoms with Crippen molar-refractivity contribution in [2.24, 2.45) is 0 Å². The molecule has 1 aliphatic rings. The highest BCUT2D eigenvalue weighted by Gasteiger charge is 2.18. The van der Waals surface area contributed by atoms with E-state index in [9.17, 15) is 4.79 Å². The number of benzene rings is 2. The minimum Gasteiger partial charge on any atom is -0.495 e. The van der Waals surface area contributed by atoms with Crippen LogP contribution in [-0.4, -0.2) is 50.6 Å². The van der Waals surface area contributed by atoms with Crippen LogP contribution in [0.25, 0.3) is 11.1 Å². The molecule has 0 atom stereocenters. The van der Waals surface area contributed by atoms with Crippen LogP contribution in [0.1, 0.15) is 0 Å². The Hall–Kier alpha value is -1.66. The number of nitrogens with zero attached hydrogens (tertiary/aromatic N) is 1. The molecule has 0 unspecified atom stereocenters. The highest BCUT2D eigenvalue weighted by Crippen LogP contribution is 2.39. The summed E-state index contributed by atoms with van der Waals surface area (Å²) in [5, 5.41) is 7.57. The molecule has 0 bridgehead atoms. The Balaban J connectivity index is 0.00000261. The minimum atomic E-state index is 0. The molecule has 2 N–H and O–H groups in total. The third-order valence-corrected chi connectivity index (χ3v) is 5.00. The van der Waals surface area contributed by atoms with Gasteiger partial charge in [0, 0.05) is 48.4 Å².